The van der Waals surface area contributed by atoms with Crippen LogP contribution in [0.1, 0.15) is 24.1 Å². The summed E-state index contributed by atoms with van der Waals surface area (Å²) in [5.41, 5.74) is 0.873. The fraction of sp³-hybridized carbons (Fsp3) is 0.300. The summed E-state index contributed by atoms with van der Waals surface area (Å²) in [7, 11) is -3.80. The molecule has 1 saturated heterocycles. The van der Waals surface area contributed by atoms with Crippen LogP contribution >= 0.6 is 0 Å². The number of pyridine rings is 1. The van der Waals surface area contributed by atoms with E-state index in [1.807, 2.05) is 13.0 Å². The largest absolute Gasteiger partial charge is 0.480 e. The molecule has 31 heavy (non-hydrogen) atoms. The number of aryl methyl sites for hydroxylation is 1. The van der Waals surface area contributed by atoms with Gasteiger partial charge in [0.15, 0.2) is 5.75 Å². The summed E-state index contributed by atoms with van der Waals surface area (Å²) >= 11 is 0. The van der Waals surface area contributed by atoms with Crippen LogP contribution in [0.25, 0.3) is 5.65 Å². The normalized spacial score (nSPS) is 14.7. The predicted molar refractivity (Wildman–Crippen MR) is 112 cm³/mol. The maximum atomic E-state index is 12.7. The van der Waals surface area contributed by atoms with E-state index in [0.717, 1.165) is 24.5 Å². The Kier molecular flexibility index (Phi) is 5.46. The van der Waals surface area contributed by atoms with E-state index in [-0.39, 0.29) is 22.8 Å². The Hall–Kier alpha value is -3.31. The molecule has 0 radical (unpaired) electrons. The zero-order valence-electron chi connectivity index (χ0n) is 16.7. The van der Waals surface area contributed by atoms with Gasteiger partial charge in [-0.2, -0.15) is 4.31 Å². The van der Waals surface area contributed by atoms with Gasteiger partial charge in [0.1, 0.15) is 12.3 Å². The van der Waals surface area contributed by atoms with Gasteiger partial charge in [0.05, 0.1) is 15.5 Å². The fourth-order valence-electron chi connectivity index (χ4n) is 3.48. The van der Waals surface area contributed by atoms with Crippen LogP contribution in [0.2, 0.25) is 0 Å². The quantitative estimate of drug-likeness (QED) is 0.422. The van der Waals surface area contributed by atoms with Crippen molar-refractivity contribution in [3.8, 4) is 5.75 Å². The third-order valence-electron chi connectivity index (χ3n) is 5.07. The molecule has 0 bridgehead atoms. The number of nitro groups is 1. The minimum atomic E-state index is -3.80. The monoisotopic (exact) mass is 444 g/mol. The van der Waals surface area contributed by atoms with Gasteiger partial charge in [0, 0.05) is 31.4 Å². The Labute approximate surface area is 177 Å². The minimum Gasteiger partial charge on any atom is -0.480 e. The Bertz CT molecular complexity index is 1330. The van der Waals surface area contributed by atoms with Gasteiger partial charge in [0.25, 0.3) is 5.56 Å². The maximum absolute atomic E-state index is 12.7. The summed E-state index contributed by atoms with van der Waals surface area (Å²) in [5, 5.41) is 11.5. The van der Waals surface area contributed by atoms with E-state index in [4.69, 9.17) is 4.74 Å². The second-order valence-corrected chi connectivity index (χ2v) is 9.24. The highest BCUT2D eigenvalue weighted by molar-refractivity contribution is 7.89. The van der Waals surface area contributed by atoms with Crippen molar-refractivity contribution in [2.75, 3.05) is 13.1 Å². The molecule has 1 aliphatic heterocycles. The molecular formula is C20H20N4O6S. The van der Waals surface area contributed by atoms with Crippen molar-refractivity contribution in [1.82, 2.24) is 13.7 Å². The lowest BCUT2D eigenvalue weighted by molar-refractivity contribution is -0.386. The number of nitro benzene ring substituents is 1. The highest BCUT2D eigenvalue weighted by Gasteiger charge is 2.29. The number of fused-ring (bicyclic) bond motifs is 1. The van der Waals surface area contributed by atoms with Crippen molar-refractivity contribution in [2.24, 2.45) is 0 Å². The molecule has 3 heterocycles. The van der Waals surface area contributed by atoms with Gasteiger partial charge in [-0.3, -0.25) is 19.3 Å². The second-order valence-electron chi connectivity index (χ2n) is 7.31. The van der Waals surface area contributed by atoms with Crippen LogP contribution in [0.5, 0.6) is 5.75 Å². The molecule has 0 saturated carbocycles. The number of hydrogen-bond acceptors (Lipinski definition) is 7. The van der Waals surface area contributed by atoms with Crippen LogP contribution in [0.15, 0.2) is 52.3 Å². The molecule has 0 atom stereocenters. The fourth-order valence-corrected chi connectivity index (χ4v) is 5.02. The van der Waals surface area contributed by atoms with Gasteiger partial charge in [0.2, 0.25) is 10.0 Å². The van der Waals surface area contributed by atoms with Gasteiger partial charge in [-0.15, -0.1) is 0 Å². The lowest BCUT2D eigenvalue weighted by Crippen LogP contribution is -2.27. The van der Waals surface area contributed by atoms with Crippen LogP contribution in [-0.2, 0) is 16.6 Å². The molecule has 1 aromatic carbocycles. The molecule has 1 aliphatic rings. The van der Waals surface area contributed by atoms with E-state index < -0.39 is 20.6 Å². The molecule has 3 aromatic rings. The number of nitrogens with zero attached hydrogens (tertiary/aromatic N) is 4. The molecule has 2 aromatic heterocycles. The summed E-state index contributed by atoms with van der Waals surface area (Å²) in [4.78, 5) is 27.4. The van der Waals surface area contributed by atoms with E-state index in [0.29, 0.717) is 24.4 Å². The molecule has 10 nitrogen and oxygen atoms in total. The van der Waals surface area contributed by atoms with Gasteiger partial charge in [-0.25, -0.2) is 13.4 Å². The number of ether oxygens (including phenoxy) is 1. The zero-order chi connectivity index (χ0) is 22.2. The summed E-state index contributed by atoms with van der Waals surface area (Å²) in [6.07, 6.45) is 3.20. The minimum absolute atomic E-state index is 0.101. The lowest BCUT2D eigenvalue weighted by Gasteiger charge is -2.16. The number of aromatic nitrogens is 2. The number of sulfonamides is 1. The van der Waals surface area contributed by atoms with E-state index in [1.54, 1.807) is 12.3 Å². The number of hydrogen-bond donors (Lipinski definition) is 0. The topological polar surface area (TPSA) is 124 Å². The molecule has 0 aliphatic carbocycles. The smallest absolute Gasteiger partial charge is 0.312 e. The molecule has 0 unspecified atom stereocenters. The van der Waals surface area contributed by atoms with Gasteiger partial charge < -0.3 is 4.74 Å². The Morgan fingerprint density at radius 2 is 1.90 bits per heavy atom. The summed E-state index contributed by atoms with van der Waals surface area (Å²) in [6.45, 7) is 2.47. The lowest BCUT2D eigenvalue weighted by atomic mass is 10.3. The first-order valence-corrected chi connectivity index (χ1v) is 11.1. The van der Waals surface area contributed by atoms with Crippen LogP contribution in [0, 0.1) is 17.0 Å². The molecule has 0 N–H and O–H groups in total. The van der Waals surface area contributed by atoms with Crippen molar-refractivity contribution >= 4 is 21.4 Å². The van der Waals surface area contributed by atoms with Crippen molar-refractivity contribution in [2.45, 2.75) is 31.3 Å². The third kappa shape index (κ3) is 4.14. The molecular weight excluding hydrogens is 424 g/mol. The summed E-state index contributed by atoms with van der Waals surface area (Å²) in [6, 6.07) is 8.37. The molecule has 0 spiro atoms. The van der Waals surface area contributed by atoms with E-state index in [1.165, 1.54) is 26.9 Å². The van der Waals surface area contributed by atoms with Crippen molar-refractivity contribution in [3.63, 3.8) is 0 Å². The van der Waals surface area contributed by atoms with E-state index in [9.17, 15) is 23.3 Å². The molecule has 0 amide bonds. The van der Waals surface area contributed by atoms with E-state index >= 15 is 0 Å². The van der Waals surface area contributed by atoms with Crippen molar-refractivity contribution < 1.29 is 18.1 Å². The predicted octanol–water partition coefficient (Wildman–Crippen LogP) is 2.27. The molecule has 162 valence electrons. The Morgan fingerprint density at radius 1 is 1.16 bits per heavy atom. The van der Waals surface area contributed by atoms with Crippen molar-refractivity contribution in [3.05, 3.63) is 74.3 Å². The summed E-state index contributed by atoms with van der Waals surface area (Å²) in [5.74, 6) is -0.101. The van der Waals surface area contributed by atoms with Gasteiger partial charge in [-0.1, -0.05) is 6.07 Å². The number of benzene rings is 1. The standard InChI is InChI=1S/C20H20N4O6S/c1-14-4-7-19-21-15(10-20(25)23(19)12-14)13-30-18-6-5-16(11-17(18)24(26)27)31(28,29)22-8-2-3-9-22/h4-7,10-12H,2-3,8-9,13H2,1H3. The van der Waals surface area contributed by atoms with Crippen molar-refractivity contribution in [1.29, 1.82) is 0 Å². The van der Waals surface area contributed by atoms with Gasteiger partial charge >= 0.3 is 5.69 Å². The first-order chi connectivity index (χ1) is 14.8. The average molecular weight is 444 g/mol. The highest BCUT2D eigenvalue weighted by Crippen LogP contribution is 2.32. The second kappa shape index (κ2) is 8.08. The molecule has 1 fully saturated rings. The van der Waals surface area contributed by atoms with Crippen LogP contribution in [0.4, 0.5) is 5.69 Å². The number of rotatable bonds is 6. The third-order valence-corrected chi connectivity index (χ3v) is 6.96. The van der Waals surface area contributed by atoms with Crippen LogP contribution in [-0.4, -0.2) is 40.1 Å². The maximum Gasteiger partial charge on any atom is 0.312 e. The molecule has 4 rings (SSSR count). The Morgan fingerprint density at radius 3 is 2.61 bits per heavy atom. The van der Waals surface area contributed by atoms with Gasteiger partial charge in [-0.05, 0) is 43.5 Å². The SMILES string of the molecule is Cc1ccc2nc(COc3ccc(S(=O)(=O)N4CCCC4)cc3[N+](=O)[O-])cc(=O)n2c1. The zero-order valence-corrected chi connectivity index (χ0v) is 17.5. The Balaban J connectivity index is 1.61. The van der Waals surface area contributed by atoms with E-state index in [2.05, 4.69) is 4.98 Å². The first-order valence-electron chi connectivity index (χ1n) is 9.66. The van der Waals surface area contributed by atoms with Crippen LogP contribution < -0.4 is 10.3 Å². The summed E-state index contributed by atoms with van der Waals surface area (Å²) < 4.78 is 33.7. The molecule has 11 heteroatoms. The first kappa shape index (κ1) is 20.9. The highest BCUT2D eigenvalue weighted by atomic mass is 32.2. The van der Waals surface area contributed by atoms with Crippen LogP contribution in [0.3, 0.4) is 0 Å². The average Bonchev–Trinajstić information content (AvgIpc) is 3.28.